The second-order valence-electron chi connectivity index (χ2n) is 4.98. The van der Waals surface area contributed by atoms with Crippen molar-refractivity contribution in [1.29, 1.82) is 0 Å². The second-order valence-corrected chi connectivity index (χ2v) is 6.30. The fraction of sp³-hybridized carbons (Fsp3) is 0.667. The molecule has 80 valence electrons. The molecular formula is C12H21NS. The lowest BCUT2D eigenvalue weighted by atomic mass is 10.1. The van der Waals surface area contributed by atoms with Gasteiger partial charge in [0.05, 0.1) is 0 Å². The highest BCUT2D eigenvalue weighted by Crippen LogP contribution is 2.23. The molecule has 1 aromatic rings. The van der Waals surface area contributed by atoms with Crippen LogP contribution in [0.4, 0.5) is 0 Å². The molecule has 0 bridgehead atoms. The van der Waals surface area contributed by atoms with E-state index in [9.17, 15) is 0 Å². The van der Waals surface area contributed by atoms with Crippen LogP contribution in [0.3, 0.4) is 0 Å². The van der Waals surface area contributed by atoms with Crippen LogP contribution in [-0.4, -0.2) is 12.1 Å². The molecule has 1 aromatic heterocycles. The van der Waals surface area contributed by atoms with Gasteiger partial charge in [-0.3, -0.25) is 0 Å². The van der Waals surface area contributed by atoms with Gasteiger partial charge in [0.2, 0.25) is 0 Å². The summed E-state index contributed by atoms with van der Waals surface area (Å²) < 4.78 is 0. The summed E-state index contributed by atoms with van der Waals surface area (Å²) in [5.41, 5.74) is 0.223. The van der Waals surface area contributed by atoms with Gasteiger partial charge in [-0.1, -0.05) is 6.92 Å². The molecule has 0 aliphatic rings. The van der Waals surface area contributed by atoms with E-state index in [2.05, 4.69) is 52.1 Å². The fourth-order valence-corrected chi connectivity index (χ4v) is 2.21. The quantitative estimate of drug-likeness (QED) is 0.806. The monoisotopic (exact) mass is 211 g/mol. The van der Waals surface area contributed by atoms with Crippen molar-refractivity contribution in [3.63, 3.8) is 0 Å². The molecule has 2 heteroatoms. The van der Waals surface area contributed by atoms with Crippen molar-refractivity contribution in [2.24, 2.45) is 0 Å². The van der Waals surface area contributed by atoms with E-state index in [1.54, 1.807) is 0 Å². The van der Waals surface area contributed by atoms with Crippen molar-refractivity contribution in [2.75, 3.05) is 6.54 Å². The molecule has 0 aliphatic heterocycles. The molecule has 0 saturated carbocycles. The lowest BCUT2D eigenvalue weighted by Crippen LogP contribution is -2.37. The topological polar surface area (TPSA) is 12.0 Å². The van der Waals surface area contributed by atoms with Gasteiger partial charge in [0.15, 0.2) is 0 Å². The number of aryl methyl sites for hydroxylation is 1. The van der Waals surface area contributed by atoms with Gasteiger partial charge in [-0.15, -0.1) is 11.3 Å². The SMILES string of the molecule is Cc1ccc(C(C)CNC(C)(C)C)s1. The van der Waals surface area contributed by atoms with Crippen LogP contribution in [0.5, 0.6) is 0 Å². The van der Waals surface area contributed by atoms with Gasteiger partial charge >= 0.3 is 0 Å². The van der Waals surface area contributed by atoms with Crippen LogP contribution in [0.1, 0.15) is 43.4 Å². The van der Waals surface area contributed by atoms with Crippen molar-refractivity contribution in [2.45, 2.75) is 46.1 Å². The third-order valence-corrected chi connectivity index (χ3v) is 3.42. The third-order valence-electron chi connectivity index (χ3n) is 2.19. The number of hydrogen-bond acceptors (Lipinski definition) is 2. The Morgan fingerprint density at radius 2 is 2.00 bits per heavy atom. The summed E-state index contributed by atoms with van der Waals surface area (Å²) >= 11 is 1.91. The third kappa shape index (κ3) is 3.81. The molecule has 1 unspecified atom stereocenters. The van der Waals surface area contributed by atoms with E-state index in [1.807, 2.05) is 11.3 Å². The summed E-state index contributed by atoms with van der Waals surface area (Å²) in [7, 11) is 0. The first-order chi connectivity index (χ1) is 6.38. The van der Waals surface area contributed by atoms with Gasteiger partial charge in [-0.25, -0.2) is 0 Å². The zero-order valence-corrected chi connectivity index (χ0v) is 10.7. The molecule has 1 N–H and O–H groups in total. The Kier molecular flexibility index (Phi) is 3.73. The molecule has 0 amide bonds. The van der Waals surface area contributed by atoms with Gasteiger partial charge in [0.1, 0.15) is 0 Å². The lowest BCUT2D eigenvalue weighted by molar-refractivity contribution is 0.413. The molecule has 0 fully saturated rings. The van der Waals surface area contributed by atoms with E-state index >= 15 is 0 Å². The minimum atomic E-state index is 0.223. The molecule has 1 heterocycles. The van der Waals surface area contributed by atoms with Crippen LogP contribution in [0.2, 0.25) is 0 Å². The molecule has 0 aliphatic carbocycles. The Bertz CT molecular complexity index is 283. The van der Waals surface area contributed by atoms with Crippen LogP contribution < -0.4 is 5.32 Å². The normalized spacial score (nSPS) is 14.4. The Hall–Kier alpha value is -0.340. The van der Waals surface area contributed by atoms with Crippen molar-refractivity contribution >= 4 is 11.3 Å². The van der Waals surface area contributed by atoms with Crippen LogP contribution in [-0.2, 0) is 0 Å². The fourth-order valence-electron chi connectivity index (χ4n) is 1.28. The van der Waals surface area contributed by atoms with Crippen LogP contribution in [0, 0.1) is 6.92 Å². The highest BCUT2D eigenvalue weighted by atomic mass is 32.1. The van der Waals surface area contributed by atoms with Gasteiger partial charge < -0.3 is 5.32 Å². The summed E-state index contributed by atoms with van der Waals surface area (Å²) in [4.78, 5) is 2.89. The average Bonchev–Trinajstić information content (AvgIpc) is 2.46. The molecular weight excluding hydrogens is 190 g/mol. The first kappa shape index (κ1) is 11.7. The first-order valence-electron chi connectivity index (χ1n) is 5.20. The largest absolute Gasteiger partial charge is 0.311 e. The van der Waals surface area contributed by atoms with Crippen molar-refractivity contribution in [1.82, 2.24) is 5.32 Å². The van der Waals surface area contributed by atoms with Gasteiger partial charge in [-0.2, -0.15) is 0 Å². The van der Waals surface area contributed by atoms with E-state index in [0.29, 0.717) is 5.92 Å². The second kappa shape index (κ2) is 4.45. The average molecular weight is 211 g/mol. The molecule has 1 rings (SSSR count). The zero-order chi connectivity index (χ0) is 10.8. The van der Waals surface area contributed by atoms with Crippen molar-refractivity contribution in [3.05, 3.63) is 21.9 Å². The summed E-state index contributed by atoms with van der Waals surface area (Å²) in [6.45, 7) is 12.1. The number of nitrogens with one attached hydrogen (secondary N) is 1. The Morgan fingerprint density at radius 3 is 2.43 bits per heavy atom. The minimum absolute atomic E-state index is 0.223. The predicted molar refractivity (Wildman–Crippen MR) is 65.2 cm³/mol. The van der Waals surface area contributed by atoms with Gasteiger partial charge in [0.25, 0.3) is 0 Å². The zero-order valence-electron chi connectivity index (χ0n) is 9.85. The first-order valence-corrected chi connectivity index (χ1v) is 6.01. The maximum absolute atomic E-state index is 3.54. The van der Waals surface area contributed by atoms with Crippen molar-refractivity contribution < 1.29 is 0 Å². The summed E-state index contributed by atoms with van der Waals surface area (Å²) in [5.74, 6) is 0.618. The smallest absolute Gasteiger partial charge is 0.00967 e. The van der Waals surface area contributed by atoms with Crippen molar-refractivity contribution in [3.8, 4) is 0 Å². The standard InChI is InChI=1S/C12H21NS/c1-9(8-13-12(3,4)5)11-7-6-10(2)14-11/h6-7,9,13H,8H2,1-5H3. The molecule has 1 atom stereocenters. The number of thiophene rings is 1. The van der Waals surface area contributed by atoms with E-state index < -0.39 is 0 Å². The maximum atomic E-state index is 3.54. The minimum Gasteiger partial charge on any atom is -0.311 e. The molecule has 0 aromatic carbocycles. The maximum Gasteiger partial charge on any atom is 0.00967 e. The number of rotatable bonds is 3. The Balaban J connectivity index is 2.47. The van der Waals surface area contributed by atoms with Crippen LogP contribution in [0.15, 0.2) is 12.1 Å². The highest BCUT2D eigenvalue weighted by molar-refractivity contribution is 7.12. The summed E-state index contributed by atoms with van der Waals surface area (Å²) in [5, 5.41) is 3.54. The molecule has 0 saturated heterocycles. The van der Waals surface area contributed by atoms with Crippen LogP contribution >= 0.6 is 11.3 Å². The van der Waals surface area contributed by atoms with E-state index in [4.69, 9.17) is 0 Å². The molecule has 0 spiro atoms. The Labute approximate surface area is 91.5 Å². The number of hydrogen-bond donors (Lipinski definition) is 1. The van der Waals surface area contributed by atoms with E-state index in [0.717, 1.165) is 6.54 Å². The van der Waals surface area contributed by atoms with Gasteiger partial charge in [0, 0.05) is 27.8 Å². The highest BCUT2D eigenvalue weighted by Gasteiger charge is 2.13. The van der Waals surface area contributed by atoms with E-state index in [1.165, 1.54) is 9.75 Å². The molecule has 1 nitrogen and oxygen atoms in total. The molecule has 14 heavy (non-hydrogen) atoms. The molecule has 0 radical (unpaired) electrons. The van der Waals surface area contributed by atoms with Crippen LogP contribution in [0.25, 0.3) is 0 Å². The predicted octanol–water partition coefficient (Wildman–Crippen LogP) is 3.55. The lowest BCUT2D eigenvalue weighted by Gasteiger charge is -2.23. The summed E-state index contributed by atoms with van der Waals surface area (Å²) in [6.07, 6.45) is 0. The van der Waals surface area contributed by atoms with Gasteiger partial charge in [-0.05, 0) is 39.8 Å². The Morgan fingerprint density at radius 1 is 1.36 bits per heavy atom. The van der Waals surface area contributed by atoms with E-state index in [-0.39, 0.29) is 5.54 Å². The summed E-state index contributed by atoms with van der Waals surface area (Å²) in [6, 6.07) is 4.45.